The number of carboxylic acids is 1. The minimum atomic E-state index is -1.08. The van der Waals surface area contributed by atoms with Gasteiger partial charge in [-0.25, -0.2) is 14.8 Å². The van der Waals surface area contributed by atoms with Gasteiger partial charge in [0.2, 0.25) is 0 Å². The van der Waals surface area contributed by atoms with Gasteiger partial charge in [0.25, 0.3) is 0 Å². The van der Waals surface area contributed by atoms with E-state index in [9.17, 15) is 4.79 Å². The Labute approximate surface area is 79.9 Å². The van der Waals surface area contributed by atoms with Crippen LogP contribution in [0.4, 0.5) is 0 Å². The maximum atomic E-state index is 10.7. The van der Waals surface area contributed by atoms with E-state index in [1.807, 2.05) is 0 Å². The van der Waals surface area contributed by atoms with Crippen molar-refractivity contribution in [1.29, 1.82) is 0 Å². The number of nitrogens with one attached hydrogen (secondary N) is 1. The summed E-state index contributed by atoms with van der Waals surface area (Å²) in [5.41, 5.74) is 10.9. The largest absolute Gasteiger partial charge is 0.480 e. The van der Waals surface area contributed by atoms with Crippen LogP contribution < -0.4 is 11.5 Å². The molecular formula is C7H11N5O2. The van der Waals surface area contributed by atoms with Crippen LogP contribution >= 0.6 is 0 Å². The van der Waals surface area contributed by atoms with E-state index < -0.39 is 12.0 Å². The Morgan fingerprint density at radius 2 is 2.43 bits per heavy atom. The number of aliphatic imine (C=N–C) groups is 1. The first-order valence-corrected chi connectivity index (χ1v) is 3.88. The van der Waals surface area contributed by atoms with Gasteiger partial charge in [-0.05, 0) is 0 Å². The van der Waals surface area contributed by atoms with Crippen molar-refractivity contribution in [1.82, 2.24) is 9.97 Å². The number of imidazole rings is 1. The van der Waals surface area contributed by atoms with Crippen molar-refractivity contribution >= 4 is 11.9 Å². The minimum Gasteiger partial charge on any atom is -0.480 e. The van der Waals surface area contributed by atoms with Crippen molar-refractivity contribution < 1.29 is 9.90 Å². The molecule has 0 unspecified atom stereocenters. The molecule has 0 aliphatic carbocycles. The van der Waals surface area contributed by atoms with E-state index >= 15 is 0 Å². The van der Waals surface area contributed by atoms with Crippen LogP contribution in [0.5, 0.6) is 0 Å². The van der Waals surface area contributed by atoms with Crippen LogP contribution in [0.1, 0.15) is 5.69 Å². The van der Waals surface area contributed by atoms with Crippen LogP contribution in [0, 0.1) is 0 Å². The fourth-order valence-electron chi connectivity index (χ4n) is 0.973. The van der Waals surface area contributed by atoms with Gasteiger partial charge in [-0.15, -0.1) is 0 Å². The Morgan fingerprint density at radius 3 is 2.86 bits per heavy atom. The second kappa shape index (κ2) is 4.26. The minimum absolute atomic E-state index is 0.188. The molecular weight excluding hydrogens is 186 g/mol. The van der Waals surface area contributed by atoms with Crippen LogP contribution in [-0.2, 0) is 11.2 Å². The molecule has 1 heterocycles. The zero-order chi connectivity index (χ0) is 10.6. The molecule has 1 aromatic rings. The van der Waals surface area contributed by atoms with Gasteiger partial charge < -0.3 is 21.6 Å². The lowest BCUT2D eigenvalue weighted by molar-refractivity contribution is -0.138. The second-order valence-corrected chi connectivity index (χ2v) is 2.69. The third-order valence-corrected chi connectivity index (χ3v) is 1.56. The maximum Gasteiger partial charge on any atom is 0.328 e. The number of nitrogens with zero attached hydrogens (tertiary/aromatic N) is 2. The molecule has 0 radical (unpaired) electrons. The summed E-state index contributed by atoms with van der Waals surface area (Å²) < 4.78 is 0. The van der Waals surface area contributed by atoms with Gasteiger partial charge in [0.15, 0.2) is 12.0 Å². The summed E-state index contributed by atoms with van der Waals surface area (Å²) in [5.74, 6) is -1.31. The number of carboxylic acid groups (broad SMARTS) is 1. The molecule has 0 spiro atoms. The number of aromatic amines is 1. The highest BCUT2D eigenvalue weighted by Gasteiger charge is 2.17. The van der Waals surface area contributed by atoms with Gasteiger partial charge in [-0.3, -0.25) is 0 Å². The molecule has 0 bridgehead atoms. The molecule has 7 nitrogen and oxygen atoms in total. The Kier molecular flexibility index (Phi) is 3.05. The standard InChI is InChI=1S/C7H11N5O2/c8-7(9)12-5(6(13)14)1-4-2-10-3-11-4/h2-3,5H,1H2,(H,10,11)(H,13,14)(H4,8,9,12)/t5-/m0/s1. The van der Waals surface area contributed by atoms with E-state index in [2.05, 4.69) is 15.0 Å². The molecule has 6 N–H and O–H groups in total. The van der Waals surface area contributed by atoms with E-state index in [-0.39, 0.29) is 12.4 Å². The summed E-state index contributed by atoms with van der Waals surface area (Å²) >= 11 is 0. The molecule has 76 valence electrons. The summed E-state index contributed by atoms with van der Waals surface area (Å²) in [6.07, 6.45) is 3.18. The highest BCUT2D eigenvalue weighted by molar-refractivity contribution is 5.81. The van der Waals surface area contributed by atoms with Gasteiger partial charge in [0.1, 0.15) is 0 Å². The highest BCUT2D eigenvalue weighted by atomic mass is 16.4. The van der Waals surface area contributed by atoms with Crippen LogP contribution in [0.15, 0.2) is 17.5 Å². The lowest BCUT2D eigenvalue weighted by Gasteiger charge is -2.05. The number of carbonyl (C=O) groups is 1. The molecule has 0 aliphatic rings. The number of guanidine groups is 1. The van der Waals surface area contributed by atoms with Crippen molar-refractivity contribution in [3.63, 3.8) is 0 Å². The second-order valence-electron chi connectivity index (χ2n) is 2.69. The first kappa shape index (κ1) is 10.0. The van der Waals surface area contributed by atoms with Gasteiger partial charge in [0.05, 0.1) is 6.33 Å². The zero-order valence-corrected chi connectivity index (χ0v) is 7.34. The molecule has 1 atom stereocenters. The van der Waals surface area contributed by atoms with Crippen LogP contribution in [0.25, 0.3) is 0 Å². The normalized spacial score (nSPS) is 12.0. The van der Waals surface area contributed by atoms with Crippen LogP contribution in [-0.4, -0.2) is 33.0 Å². The molecule has 7 heteroatoms. The number of rotatable bonds is 4. The first-order valence-electron chi connectivity index (χ1n) is 3.88. The third kappa shape index (κ3) is 2.77. The maximum absolute atomic E-state index is 10.7. The van der Waals surface area contributed by atoms with E-state index in [4.69, 9.17) is 16.6 Å². The fraction of sp³-hybridized carbons (Fsp3) is 0.286. The average Bonchev–Trinajstić information content (AvgIpc) is 2.54. The molecule has 0 saturated carbocycles. The quantitative estimate of drug-likeness (QED) is 0.351. The predicted molar refractivity (Wildman–Crippen MR) is 49.5 cm³/mol. The fourth-order valence-corrected chi connectivity index (χ4v) is 0.973. The molecule has 0 saturated heterocycles. The summed E-state index contributed by atoms with van der Waals surface area (Å²) in [6, 6.07) is -0.972. The van der Waals surface area contributed by atoms with Crippen molar-refractivity contribution in [2.24, 2.45) is 16.5 Å². The van der Waals surface area contributed by atoms with Gasteiger partial charge in [0, 0.05) is 18.3 Å². The van der Waals surface area contributed by atoms with E-state index in [1.54, 1.807) is 0 Å². The SMILES string of the molecule is NC(N)=N[C@@H](Cc1cnc[nH]1)C(=O)O. The third-order valence-electron chi connectivity index (χ3n) is 1.56. The van der Waals surface area contributed by atoms with E-state index in [1.165, 1.54) is 12.5 Å². The lowest BCUT2D eigenvalue weighted by Crippen LogP contribution is -2.30. The monoisotopic (exact) mass is 197 g/mol. The molecule has 1 aromatic heterocycles. The summed E-state index contributed by atoms with van der Waals surface area (Å²) in [7, 11) is 0. The Morgan fingerprint density at radius 1 is 1.71 bits per heavy atom. The topological polar surface area (TPSA) is 130 Å². The molecule has 14 heavy (non-hydrogen) atoms. The van der Waals surface area contributed by atoms with E-state index in [0.29, 0.717) is 5.69 Å². The molecule has 0 amide bonds. The number of H-pyrrole nitrogens is 1. The molecule has 1 rings (SSSR count). The number of aliphatic carboxylic acids is 1. The van der Waals surface area contributed by atoms with Crippen molar-refractivity contribution in [3.8, 4) is 0 Å². The predicted octanol–water partition coefficient (Wildman–Crippen LogP) is -1.32. The Bertz CT molecular complexity index is 328. The van der Waals surface area contributed by atoms with Crippen molar-refractivity contribution in [2.45, 2.75) is 12.5 Å². The van der Waals surface area contributed by atoms with Gasteiger partial charge >= 0.3 is 5.97 Å². The van der Waals surface area contributed by atoms with Gasteiger partial charge in [-0.2, -0.15) is 0 Å². The number of hydrogen-bond donors (Lipinski definition) is 4. The lowest BCUT2D eigenvalue weighted by atomic mass is 10.2. The first-order chi connectivity index (χ1) is 6.59. The average molecular weight is 197 g/mol. The van der Waals surface area contributed by atoms with Crippen LogP contribution in [0.3, 0.4) is 0 Å². The Hall–Kier alpha value is -2.05. The molecule has 0 fully saturated rings. The molecule has 0 aromatic carbocycles. The number of hydrogen-bond acceptors (Lipinski definition) is 3. The van der Waals surface area contributed by atoms with Gasteiger partial charge in [-0.1, -0.05) is 0 Å². The Balaban J connectivity index is 2.71. The summed E-state index contributed by atoms with van der Waals surface area (Å²) in [4.78, 5) is 20.8. The highest BCUT2D eigenvalue weighted by Crippen LogP contribution is 2.02. The zero-order valence-electron chi connectivity index (χ0n) is 7.34. The van der Waals surface area contributed by atoms with Crippen LogP contribution in [0.2, 0.25) is 0 Å². The molecule has 0 aliphatic heterocycles. The van der Waals surface area contributed by atoms with Crippen molar-refractivity contribution in [2.75, 3.05) is 0 Å². The number of aromatic nitrogens is 2. The smallest absolute Gasteiger partial charge is 0.328 e. The number of nitrogens with two attached hydrogens (primary N) is 2. The summed E-state index contributed by atoms with van der Waals surface area (Å²) in [6.45, 7) is 0. The van der Waals surface area contributed by atoms with Crippen molar-refractivity contribution in [3.05, 3.63) is 18.2 Å². The summed E-state index contributed by atoms with van der Waals surface area (Å²) in [5, 5.41) is 8.77. The van der Waals surface area contributed by atoms with E-state index in [0.717, 1.165) is 0 Å².